The van der Waals surface area contributed by atoms with Gasteiger partial charge in [0, 0.05) is 18.6 Å². The lowest BCUT2D eigenvalue weighted by Gasteiger charge is -2.35. The summed E-state index contributed by atoms with van der Waals surface area (Å²) in [7, 11) is 0. The highest BCUT2D eigenvalue weighted by molar-refractivity contribution is 5.20. The van der Waals surface area contributed by atoms with Crippen molar-refractivity contribution < 1.29 is 0 Å². The van der Waals surface area contributed by atoms with Gasteiger partial charge in [0.25, 0.3) is 0 Å². The molecule has 1 fully saturated rings. The van der Waals surface area contributed by atoms with E-state index in [0.717, 1.165) is 12.3 Å². The Bertz CT molecular complexity index is 359. The van der Waals surface area contributed by atoms with Crippen LogP contribution in [0.4, 0.5) is 0 Å². The normalized spacial score (nSPS) is 18.5. The third-order valence-corrected chi connectivity index (χ3v) is 4.19. The van der Waals surface area contributed by atoms with Crippen LogP contribution in [-0.2, 0) is 0 Å². The Balaban J connectivity index is 2.06. The molecular weight excluding hydrogens is 232 g/mol. The summed E-state index contributed by atoms with van der Waals surface area (Å²) >= 11 is 0. The lowest BCUT2D eigenvalue weighted by Crippen LogP contribution is -2.44. The predicted octanol–water partition coefficient (Wildman–Crippen LogP) is 3.59. The minimum atomic E-state index is 0.136. The molecule has 0 aliphatic heterocycles. The molecule has 0 amide bonds. The Morgan fingerprint density at radius 3 is 2.42 bits per heavy atom. The Kier molecular flexibility index (Phi) is 5.41. The smallest absolute Gasteiger partial charge is 0.0453 e. The van der Waals surface area contributed by atoms with Crippen molar-refractivity contribution in [1.82, 2.24) is 4.90 Å². The molecule has 1 saturated carbocycles. The first-order valence-corrected chi connectivity index (χ1v) is 7.80. The molecular formula is C17H28N2. The summed E-state index contributed by atoms with van der Waals surface area (Å²) in [6.07, 6.45) is 5.17. The molecule has 1 aliphatic rings. The maximum Gasteiger partial charge on any atom is 0.0453 e. The van der Waals surface area contributed by atoms with Crippen molar-refractivity contribution in [1.29, 1.82) is 0 Å². The second-order valence-corrected chi connectivity index (χ2v) is 5.85. The van der Waals surface area contributed by atoms with Gasteiger partial charge in [0.1, 0.15) is 0 Å². The zero-order valence-electron chi connectivity index (χ0n) is 12.4. The Labute approximate surface area is 118 Å². The molecule has 19 heavy (non-hydrogen) atoms. The van der Waals surface area contributed by atoms with Crippen molar-refractivity contribution >= 4 is 0 Å². The predicted molar refractivity (Wildman–Crippen MR) is 82.0 cm³/mol. The van der Waals surface area contributed by atoms with Crippen LogP contribution in [0.2, 0.25) is 0 Å². The SMILES string of the molecule is CCCN(CC1CC1)C(CC)C(N)c1ccccc1. The molecule has 0 heterocycles. The maximum atomic E-state index is 6.54. The fraction of sp³-hybridized carbons (Fsp3) is 0.647. The number of rotatable bonds is 8. The molecule has 2 nitrogen and oxygen atoms in total. The molecule has 1 aromatic carbocycles. The first-order valence-electron chi connectivity index (χ1n) is 7.80. The van der Waals surface area contributed by atoms with E-state index in [0.29, 0.717) is 6.04 Å². The van der Waals surface area contributed by atoms with Gasteiger partial charge in [-0.3, -0.25) is 4.90 Å². The van der Waals surface area contributed by atoms with E-state index in [9.17, 15) is 0 Å². The topological polar surface area (TPSA) is 29.3 Å². The highest BCUT2D eigenvalue weighted by Gasteiger charge is 2.30. The monoisotopic (exact) mass is 260 g/mol. The van der Waals surface area contributed by atoms with Crippen molar-refractivity contribution in [2.45, 2.75) is 51.6 Å². The molecule has 1 aromatic rings. The molecule has 2 unspecified atom stereocenters. The van der Waals surface area contributed by atoms with Crippen LogP contribution >= 0.6 is 0 Å². The zero-order chi connectivity index (χ0) is 13.7. The first kappa shape index (κ1) is 14.5. The minimum Gasteiger partial charge on any atom is -0.323 e. The van der Waals surface area contributed by atoms with Crippen LogP contribution in [0, 0.1) is 5.92 Å². The van der Waals surface area contributed by atoms with E-state index in [1.54, 1.807) is 0 Å². The van der Waals surface area contributed by atoms with Crippen LogP contribution < -0.4 is 5.73 Å². The summed E-state index contributed by atoms with van der Waals surface area (Å²) in [5.41, 5.74) is 7.81. The summed E-state index contributed by atoms with van der Waals surface area (Å²) in [5, 5.41) is 0. The average Bonchev–Trinajstić information content (AvgIpc) is 3.24. The summed E-state index contributed by atoms with van der Waals surface area (Å²) in [5.74, 6) is 0.934. The van der Waals surface area contributed by atoms with E-state index in [2.05, 4.69) is 49.1 Å². The molecule has 2 rings (SSSR count). The molecule has 1 aliphatic carbocycles. The van der Waals surface area contributed by atoms with E-state index in [1.165, 1.54) is 37.9 Å². The van der Waals surface area contributed by atoms with Crippen LogP contribution in [-0.4, -0.2) is 24.0 Å². The molecule has 2 atom stereocenters. The van der Waals surface area contributed by atoms with E-state index in [1.807, 2.05) is 0 Å². The quantitative estimate of drug-likeness (QED) is 0.774. The molecule has 106 valence electrons. The third-order valence-electron chi connectivity index (χ3n) is 4.19. The molecule has 0 bridgehead atoms. The van der Waals surface area contributed by atoms with Crippen LogP contribution in [0.5, 0.6) is 0 Å². The lowest BCUT2D eigenvalue weighted by atomic mass is 9.96. The number of hydrogen-bond donors (Lipinski definition) is 1. The van der Waals surface area contributed by atoms with Crippen LogP contribution in [0.15, 0.2) is 30.3 Å². The number of nitrogens with two attached hydrogens (primary N) is 1. The van der Waals surface area contributed by atoms with Crippen molar-refractivity contribution in [2.24, 2.45) is 11.7 Å². The number of nitrogens with zero attached hydrogens (tertiary/aromatic N) is 1. The van der Waals surface area contributed by atoms with E-state index in [-0.39, 0.29) is 6.04 Å². The van der Waals surface area contributed by atoms with Gasteiger partial charge < -0.3 is 5.73 Å². The second kappa shape index (κ2) is 7.06. The summed E-state index contributed by atoms with van der Waals surface area (Å²) < 4.78 is 0. The van der Waals surface area contributed by atoms with E-state index < -0.39 is 0 Å². The largest absolute Gasteiger partial charge is 0.323 e. The van der Waals surface area contributed by atoms with Crippen LogP contribution in [0.25, 0.3) is 0 Å². The van der Waals surface area contributed by atoms with Crippen molar-refractivity contribution in [2.75, 3.05) is 13.1 Å². The zero-order valence-corrected chi connectivity index (χ0v) is 12.4. The Morgan fingerprint density at radius 1 is 1.21 bits per heavy atom. The Morgan fingerprint density at radius 2 is 1.89 bits per heavy atom. The second-order valence-electron chi connectivity index (χ2n) is 5.85. The van der Waals surface area contributed by atoms with Gasteiger partial charge in [-0.15, -0.1) is 0 Å². The van der Waals surface area contributed by atoms with Gasteiger partial charge in [0.05, 0.1) is 0 Å². The molecule has 0 radical (unpaired) electrons. The molecule has 0 saturated heterocycles. The fourth-order valence-corrected chi connectivity index (χ4v) is 2.95. The number of hydrogen-bond acceptors (Lipinski definition) is 2. The first-order chi connectivity index (χ1) is 9.26. The van der Waals surface area contributed by atoms with E-state index >= 15 is 0 Å². The average molecular weight is 260 g/mol. The summed E-state index contributed by atoms with van der Waals surface area (Å²) in [6.45, 7) is 6.95. The van der Waals surface area contributed by atoms with Gasteiger partial charge >= 0.3 is 0 Å². The minimum absolute atomic E-state index is 0.136. The third kappa shape index (κ3) is 4.05. The number of benzene rings is 1. The summed E-state index contributed by atoms with van der Waals surface area (Å²) in [6, 6.07) is 11.2. The van der Waals surface area contributed by atoms with Crippen LogP contribution in [0.3, 0.4) is 0 Å². The molecule has 2 heteroatoms. The highest BCUT2D eigenvalue weighted by Crippen LogP contribution is 2.32. The highest BCUT2D eigenvalue weighted by atomic mass is 15.2. The Hall–Kier alpha value is -0.860. The van der Waals surface area contributed by atoms with Gasteiger partial charge in [0.2, 0.25) is 0 Å². The van der Waals surface area contributed by atoms with Gasteiger partial charge in [-0.05, 0) is 43.7 Å². The van der Waals surface area contributed by atoms with Gasteiger partial charge in [0.15, 0.2) is 0 Å². The standard InChI is InChI=1S/C17H28N2/c1-3-12-19(13-14-10-11-14)16(4-2)17(18)15-8-6-5-7-9-15/h5-9,14,16-17H,3-4,10-13,18H2,1-2H3. The van der Waals surface area contributed by atoms with Crippen LogP contribution in [0.1, 0.15) is 51.1 Å². The van der Waals surface area contributed by atoms with Crippen molar-refractivity contribution in [3.63, 3.8) is 0 Å². The lowest BCUT2D eigenvalue weighted by molar-refractivity contribution is 0.159. The van der Waals surface area contributed by atoms with Crippen molar-refractivity contribution in [3.05, 3.63) is 35.9 Å². The van der Waals surface area contributed by atoms with Gasteiger partial charge in [-0.2, -0.15) is 0 Å². The van der Waals surface area contributed by atoms with Gasteiger partial charge in [-0.25, -0.2) is 0 Å². The maximum absolute atomic E-state index is 6.54. The van der Waals surface area contributed by atoms with Crippen molar-refractivity contribution in [3.8, 4) is 0 Å². The summed E-state index contributed by atoms with van der Waals surface area (Å²) in [4.78, 5) is 2.63. The van der Waals surface area contributed by atoms with E-state index in [4.69, 9.17) is 5.73 Å². The molecule has 2 N–H and O–H groups in total. The fourth-order valence-electron chi connectivity index (χ4n) is 2.95. The molecule has 0 aromatic heterocycles. The molecule has 0 spiro atoms. The van der Waals surface area contributed by atoms with Gasteiger partial charge in [-0.1, -0.05) is 44.2 Å².